The summed E-state index contributed by atoms with van der Waals surface area (Å²) in [5, 5.41) is 8.36. The van der Waals surface area contributed by atoms with Crippen LogP contribution in [0, 0.1) is 6.92 Å². The van der Waals surface area contributed by atoms with Crippen LogP contribution in [0.5, 0.6) is 11.5 Å². The molecular weight excluding hydrogens is 362 g/mol. The van der Waals surface area contributed by atoms with Crippen molar-refractivity contribution in [1.29, 1.82) is 0 Å². The number of fused-ring (bicyclic) bond motifs is 1. The minimum atomic E-state index is -0.152. The molecule has 0 fully saturated rings. The Balaban J connectivity index is 1.90. The van der Waals surface area contributed by atoms with E-state index in [0.29, 0.717) is 26.8 Å². The molecule has 0 spiro atoms. The highest BCUT2D eigenvalue weighted by atomic mass is 32.1. The Morgan fingerprint density at radius 3 is 2.52 bits per heavy atom. The molecule has 2 aromatic carbocycles. The maximum Gasteiger partial charge on any atom is 0.276 e. The fraction of sp³-hybridized carbons (Fsp3) is 0.150. The van der Waals surface area contributed by atoms with Crippen molar-refractivity contribution < 1.29 is 9.47 Å². The highest BCUT2D eigenvalue weighted by Gasteiger charge is 2.15. The van der Waals surface area contributed by atoms with Gasteiger partial charge in [0.2, 0.25) is 4.96 Å². The van der Waals surface area contributed by atoms with E-state index in [-0.39, 0.29) is 5.56 Å². The van der Waals surface area contributed by atoms with Crippen molar-refractivity contribution in [3.63, 3.8) is 0 Å². The van der Waals surface area contributed by atoms with Gasteiger partial charge in [0, 0.05) is 11.1 Å². The molecule has 0 N–H and O–H groups in total. The van der Waals surface area contributed by atoms with Crippen LogP contribution in [0.4, 0.5) is 0 Å². The number of nitrogens with zero attached hydrogens (tertiary/aromatic N) is 3. The molecule has 4 aromatic rings. The van der Waals surface area contributed by atoms with Gasteiger partial charge in [-0.05, 0) is 19.1 Å². The van der Waals surface area contributed by atoms with E-state index in [1.165, 1.54) is 11.3 Å². The summed E-state index contributed by atoms with van der Waals surface area (Å²) < 4.78 is 12.9. The number of ether oxygens (including phenoxy) is 2. The summed E-state index contributed by atoms with van der Waals surface area (Å²) in [6.45, 7) is 2.02. The molecule has 0 bridgehead atoms. The van der Waals surface area contributed by atoms with E-state index in [1.54, 1.807) is 24.7 Å². The fourth-order valence-corrected chi connectivity index (χ4v) is 3.82. The number of para-hydroxylation sites is 1. The number of aryl methyl sites for hydroxylation is 1. The van der Waals surface area contributed by atoms with E-state index < -0.39 is 0 Å². The Kier molecular flexibility index (Phi) is 4.37. The number of benzene rings is 2. The zero-order valence-corrected chi connectivity index (χ0v) is 15.9. The standard InChI is InChI=1S/C20H17N3O3S/c1-12-7-9-13(10-8-12)18-21-22-20-23(18)19(24)16(27-20)11-14-5-4-6-15(25-2)17(14)26-3/h4-11H,1-3H3/b16-11-. The minimum Gasteiger partial charge on any atom is -0.493 e. The SMILES string of the molecule is COc1cccc(/C=c2\sc3nnc(-c4ccc(C)cc4)n3c2=O)c1OC. The lowest BCUT2D eigenvalue weighted by molar-refractivity contribution is 0.354. The second kappa shape index (κ2) is 6.85. The highest BCUT2D eigenvalue weighted by molar-refractivity contribution is 7.15. The quantitative estimate of drug-likeness (QED) is 0.545. The first-order valence-corrected chi connectivity index (χ1v) is 9.11. The summed E-state index contributed by atoms with van der Waals surface area (Å²) >= 11 is 1.29. The monoisotopic (exact) mass is 379 g/mol. The number of rotatable bonds is 4. The molecule has 27 heavy (non-hydrogen) atoms. The second-order valence-corrected chi connectivity index (χ2v) is 7.02. The van der Waals surface area contributed by atoms with Crippen LogP contribution in [0.2, 0.25) is 0 Å². The van der Waals surface area contributed by atoms with Crippen LogP contribution in [0.15, 0.2) is 47.3 Å². The Hall–Kier alpha value is -3.19. The molecule has 136 valence electrons. The molecule has 0 saturated heterocycles. The van der Waals surface area contributed by atoms with E-state index in [0.717, 1.165) is 16.7 Å². The smallest absolute Gasteiger partial charge is 0.276 e. The number of hydrogen-bond acceptors (Lipinski definition) is 6. The summed E-state index contributed by atoms with van der Waals surface area (Å²) in [5.41, 5.74) is 2.61. The average Bonchev–Trinajstić information content (AvgIpc) is 3.23. The van der Waals surface area contributed by atoms with E-state index in [9.17, 15) is 4.79 Å². The molecule has 0 saturated carbocycles. The summed E-state index contributed by atoms with van der Waals surface area (Å²) in [6.07, 6.45) is 1.79. The molecule has 0 atom stereocenters. The van der Waals surface area contributed by atoms with Crippen LogP contribution in [-0.2, 0) is 0 Å². The first kappa shape index (κ1) is 17.2. The van der Waals surface area contributed by atoms with Gasteiger partial charge in [-0.15, -0.1) is 10.2 Å². The molecule has 0 amide bonds. The van der Waals surface area contributed by atoms with Crippen LogP contribution in [0.3, 0.4) is 0 Å². The molecule has 6 nitrogen and oxygen atoms in total. The second-order valence-electron chi connectivity index (χ2n) is 6.01. The number of aromatic nitrogens is 3. The van der Waals surface area contributed by atoms with Crippen LogP contribution in [0.25, 0.3) is 22.4 Å². The molecule has 0 aliphatic carbocycles. The Labute approximate surface area is 159 Å². The Morgan fingerprint density at radius 2 is 1.81 bits per heavy atom. The topological polar surface area (TPSA) is 65.7 Å². The van der Waals surface area contributed by atoms with Crippen LogP contribution < -0.4 is 19.6 Å². The maximum absolute atomic E-state index is 13.0. The number of thiazole rings is 1. The molecule has 0 aliphatic heterocycles. The van der Waals surface area contributed by atoms with Crippen molar-refractivity contribution >= 4 is 22.4 Å². The molecule has 7 heteroatoms. The van der Waals surface area contributed by atoms with Crippen molar-refractivity contribution in [3.8, 4) is 22.9 Å². The van der Waals surface area contributed by atoms with Gasteiger partial charge in [-0.2, -0.15) is 0 Å². The van der Waals surface area contributed by atoms with Gasteiger partial charge in [0.05, 0.1) is 18.8 Å². The zero-order valence-electron chi connectivity index (χ0n) is 15.1. The van der Waals surface area contributed by atoms with Gasteiger partial charge >= 0.3 is 0 Å². The number of methoxy groups -OCH3 is 2. The van der Waals surface area contributed by atoms with Crippen molar-refractivity contribution in [2.45, 2.75) is 6.92 Å². The predicted octanol–water partition coefficient (Wildman–Crippen LogP) is 2.69. The summed E-state index contributed by atoms with van der Waals surface area (Å²) in [7, 11) is 3.16. The van der Waals surface area contributed by atoms with Gasteiger partial charge in [-0.1, -0.05) is 53.3 Å². The van der Waals surface area contributed by atoms with Crippen LogP contribution >= 0.6 is 11.3 Å². The van der Waals surface area contributed by atoms with Crippen molar-refractivity contribution in [1.82, 2.24) is 14.6 Å². The minimum absolute atomic E-state index is 0.152. The third-order valence-corrected chi connectivity index (χ3v) is 5.24. The molecule has 2 heterocycles. The fourth-order valence-electron chi connectivity index (χ4n) is 2.92. The maximum atomic E-state index is 13.0. The van der Waals surface area contributed by atoms with Crippen molar-refractivity contribution in [2.75, 3.05) is 14.2 Å². The lowest BCUT2D eigenvalue weighted by atomic mass is 10.1. The Bertz CT molecular complexity index is 1230. The van der Waals surface area contributed by atoms with E-state index in [4.69, 9.17) is 9.47 Å². The van der Waals surface area contributed by atoms with E-state index in [1.807, 2.05) is 49.4 Å². The summed E-state index contributed by atoms with van der Waals surface area (Å²) in [5.74, 6) is 1.74. The third-order valence-electron chi connectivity index (χ3n) is 4.28. The third kappa shape index (κ3) is 2.96. The van der Waals surface area contributed by atoms with Gasteiger partial charge in [0.25, 0.3) is 5.56 Å². The predicted molar refractivity (Wildman–Crippen MR) is 106 cm³/mol. The van der Waals surface area contributed by atoms with Gasteiger partial charge in [-0.25, -0.2) is 4.40 Å². The normalized spacial score (nSPS) is 11.9. The van der Waals surface area contributed by atoms with Gasteiger partial charge in [-0.3, -0.25) is 4.79 Å². The van der Waals surface area contributed by atoms with Gasteiger partial charge < -0.3 is 9.47 Å². The van der Waals surface area contributed by atoms with Crippen molar-refractivity contribution in [2.24, 2.45) is 0 Å². The van der Waals surface area contributed by atoms with Crippen LogP contribution in [0.1, 0.15) is 11.1 Å². The average molecular weight is 379 g/mol. The molecular formula is C20H17N3O3S. The Morgan fingerprint density at radius 1 is 1.04 bits per heavy atom. The first-order chi connectivity index (χ1) is 13.1. The van der Waals surface area contributed by atoms with Crippen LogP contribution in [-0.4, -0.2) is 28.8 Å². The van der Waals surface area contributed by atoms with Crippen molar-refractivity contribution in [3.05, 3.63) is 68.5 Å². The lowest BCUT2D eigenvalue weighted by Crippen LogP contribution is -2.23. The zero-order chi connectivity index (χ0) is 19.0. The van der Waals surface area contributed by atoms with Gasteiger partial charge in [0.15, 0.2) is 17.3 Å². The largest absolute Gasteiger partial charge is 0.493 e. The first-order valence-electron chi connectivity index (χ1n) is 8.30. The number of hydrogen-bond donors (Lipinski definition) is 0. The molecule has 0 unspecified atom stereocenters. The molecule has 2 aromatic heterocycles. The summed E-state index contributed by atoms with van der Waals surface area (Å²) in [6, 6.07) is 13.4. The molecule has 0 aliphatic rings. The highest BCUT2D eigenvalue weighted by Crippen LogP contribution is 2.31. The molecule has 0 radical (unpaired) electrons. The van der Waals surface area contributed by atoms with E-state index in [2.05, 4.69) is 10.2 Å². The summed E-state index contributed by atoms with van der Waals surface area (Å²) in [4.78, 5) is 13.6. The van der Waals surface area contributed by atoms with E-state index >= 15 is 0 Å². The molecule has 4 rings (SSSR count). The van der Waals surface area contributed by atoms with Gasteiger partial charge in [0.1, 0.15) is 0 Å². The lowest BCUT2D eigenvalue weighted by Gasteiger charge is -2.09.